The van der Waals surface area contributed by atoms with Crippen molar-refractivity contribution < 1.29 is 0 Å². The number of halogens is 3. The van der Waals surface area contributed by atoms with Crippen molar-refractivity contribution in [1.82, 2.24) is 5.32 Å². The molecule has 1 nitrogen and oxygen atoms in total. The van der Waals surface area contributed by atoms with Gasteiger partial charge in [-0.1, -0.05) is 47.3 Å². The highest BCUT2D eigenvalue weighted by atomic mass is 35.5. The van der Waals surface area contributed by atoms with Crippen molar-refractivity contribution in [3.63, 3.8) is 0 Å². The standard InChI is InChI=1S/C13H16Cl3N/c1-8(17-7-9-3-2-4-9)10-5-6-11(14)13(16)12(10)15/h5-6,8-9,17H,2-4,7H2,1H3. The summed E-state index contributed by atoms with van der Waals surface area (Å²) in [4.78, 5) is 0. The summed E-state index contributed by atoms with van der Waals surface area (Å²) in [5.74, 6) is 0.832. The molecule has 2 rings (SSSR count). The van der Waals surface area contributed by atoms with E-state index >= 15 is 0 Å². The zero-order chi connectivity index (χ0) is 12.4. The van der Waals surface area contributed by atoms with Gasteiger partial charge in [0.1, 0.15) is 0 Å². The van der Waals surface area contributed by atoms with E-state index in [1.165, 1.54) is 19.3 Å². The van der Waals surface area contributed by atoms with E-state index in [1.54, 1.807) is 6.07 Å². The summed E-state index contributed by atoms with van der Waals surface area (Å²) in [6.45, 7) is 3.15. The van der Waals surface area contributed by atoms with Crippen LogP contribution in [0.2, 0.25) is 15.1 Å². The average Bonchev–Trinajstić information content (AvgIpc) is 2.24. The fourth-order valence-corrected chi connectivity index (χ4v) is 2.73. The molecule has 1 atom stereocenters. The fraction of sp³-hybridized carbons (Fsp3) is 0.538. The maximum Gasteiger partial charge on any atom is 0.0781 e. The number of benzene rings is 1. The molecule has 1 aromatic carbocycles. The molecule has 0 bridgehead atoms. The van der Waals surface area contributed by atoms with Gasteiger partial charge in [-0.15, -0.1) is 0 Å². The molecule has 0 aromatic heterocycles. The van der Waals surface area contributed by atoms with Crippen molar-refractivity contribution in [2.24, 2.45) is 5.92 Å². The molecule has 17 heavy (non-hydrogen) atoms. The van der Waals surface area contributed by atoms with Crippen molar-refractivity contribution in [1.29, 1.82) is 0 Å². The third kappa shape index (κ3) is 3.08. The molecule has 1 unspecified atom stereocenters. The summed E-state index contributed by atoms with van der Waals surface area (Å²) in [5.41, 5.74) is 1.01. The predicted molar refractivity (Wildman–Crippen MR) is 75.2 cm³/mol. The molecule has 1 aliphatic carbocycles. The van der Waals surface area contributed by atoms with Crippen molar-refractivity contribution in [2.75, 3.05) is 6.54 Å². The van der Waals surface area contributed by atoms with Crippen LogP contribution >= 0.6 is 34.8 Å². The second kappa shape index (κ2) is 5.79. The van der Waals surface area contributed by atoms with Crippen molar-refractivity contribution in [3.8, 4) is 0 Å². The highest BCUT2D eigenvalue weighted by Crippen LogP contribution is 2.35. The summed E-state index contributed by atoms with van der Waals surface area (Å²) >= 11 is 18.1. The van der Waals surface area contributed by atoms with Crippen LogP contribution in [-0.4, -0.2) is 6.54 Å². The van der Waals surface area contributed by atoms with Gasteiger partial charge in [-0.05, 0) is 43.9 Å². The van der Waals surface area contributed by atoms with Crippen LogP contribution in [0.25, 0.3) is 0 Å². The van der Waals surface area contributed by atoms with Gasteiger partial charge in [-0.2, -0.15) is 0 Å². The van der Waals surface area contributed by atoms with Crippen molar-refractivity contribution in [2.45, 2.75) is 32.2 Å². The van der Waals surface area contributed by atoms with Gasteiger partial charge >= 0.3 is 0 Å². The molecule has 0 spiro atoms. The van der Waals surface area contributed by atoms with Crippen LogP contribution in [-0.2, 0) is 0 Å². The Labute approximate surface area is 117 Å². The smallest absolute Gasteiger partial charge is 0.0781 e. The molecule has 1 saturated carbocycles. The Morgan fingerprint density at radius 2 is 1.94 bits per heavy atom. The van der Waals surface area contributed by atoms with Crippen LogP contribution in [0.5, 0.6) is 0 Å². The quantitative estimate of drug-likeness (QED) is 0.762. The van der Waals surface area contributed by atoms with Crippen LogP contribution in [0.4, 0.5) is 0 Å². The minimum atomic E-state index is 0.206. The van der Waals surface area contributed by atoms with Crippen LogP contribution < -0.4 is 5.32 Å². The fourth-order valence-electron chi connectivity index (χ4n) is 2.03. The first kappa shape index (κ1) is 13.5. The molecule has 0 radical (unpaired) electrons. The van der Waals surface area contributed by atoms with Crippen LogP contribution in [0.3, 0.4) is 0 Å². The lowest BCUT2D eigenvalue weighted by Gasteiger charge is -2.27. The largest absolute Gasteiger partial charge is 0.310 e. The van der Waals surface area contributed by atoms with Gasteiger partial charge in [0.2, 0.25) is 0 Å². The van der Waals surface area contributed by atoms with Crippen molar-refractivity contribution >= 4 is 34.8 Å². The maximum atomic E-state index is 6.20. The maximum absolute atomic E-state index is 6.20. The molecule has 0 amide bonds. The summed E-state index contributed by atoms with van der Waals surface area (Å²) in [6, 6.07) is 3.94. The molecule has 4 heteroatoms. The molecule has 1 aromatic rings. The lowest BCUT2D eigenvalue weighted by molar-refractivity contribution is 0.292. The lowest BCUT2D eigenvalue weighted by atomic mass is 9.85. The minimum Gasteiger partial charge on any atom is -0.310 e. The number of hydrogen-bond donors (Lipinski definition) is 1. The first-order chi connectivity index (χ1) is 8.09. The number of rotatable bonds is 4. The van der Waals surface area contributed by atoms with Gasteiger partial charge in [0, 0.05) is 6.04 Å². The average molecular weight is 293 g/mol. The summed E-state index contributed by atoms with van der Waals surface area (Å²) in [6.07, 6.45) is 4.05. The second-order valence-corrected chi connectivity index (χ2v) is 5.85. The van der Waals surface area contributed by atoms with E-state index in [0.717, 1.165) is 18.0 Å². The van der Waals surface area contributed by atoms with Crippen LogP contribution in [0.15, 0.2) is 12.1 Å². The van der Waals surface area contributed by atoms with Gasteiger partial charge < -0.3 is 5.32 Å². The van der Waals surface area contributed by atoms with Gasteiger partial charge in [-0.25, -0.2) is 0 Å². The Kier molecular flexibility index (Phi) is 4.59. The third-order valence-corrected chi connectivity index (χ3v) is 4.78. The molecular formula is C13H16Cl3N. The van der Waals surface area contributed by atoms with Gasteiger partial charge in [0.25, 0.3) is 0 Å². The van der Waals surface area contributed by atoms with Gasteiger partial charge in [0.05, 0.1) is 15.1 Å². The number of hydrogen-bond acceptors (Lipinski definition) is 1. The molecular weight excluding hydrogens is 277 g/mol. The SMILES string of the molecule is CC(NCC1CCC1)c1ccc(Cl)c(Cl)c1Cl. The summed E-state index contributed by atoms with van der Waals surface area (Å²) < 4.78 is 0. The van der Waals surface area contributed by atoms with Crippen LogP contribution in [0.1, 0.15) is 37.8 Å². The lowest BCUT2D eigenvalue weighted by Crippen LogP contribution is -2.29. The summed E-state index contributed by atoms with van der Waals surface area (Å²) in [5, 5.41) is 5.02. The molecule has 0 aliphatic heterocycles. The molecule has 1 fully saturated rings. The molecule has 0 heterocycles. The van der Waals surface area contributed by atoms with Crippen molar-refractivity contribution in [3.05, 3.63) is 32.8 Å². The van der Waals surface area contributed by atoms with Gasteiger partial charge in [0.15, 0.2) is 0 Å². The zero-order valence-electron chi connectivity index (χ0n) is 9.77. The van der Waals surface area contributed by atoms with E-state index in [2.05, 4.69) is 12.2 Å². The number of nitrogens with one attached hydrogen (secondary N) is 1. The van der Waals surface area contributed by atoms with E-state index in [9.17, 15) is 0 Å². The van der Waals surface area contributed by atoms with E-state index < -0.39 is 0 Å². The molecule has 0 saturated heterocycles. The van der Waals surface area contributed by atoms with E-state index in [-0.39, 0.29) is 6.04 Å². The Bertz CT molecular complexity index is 402. The normalized spacial score (nSPS) is 17.9. The van der Waals surface area contributed by atoms with E-state index in [0.29, 0.717) is 15.1 Å². The highest BCUT2D eigenvalue weighted by molar-refractivity contribution is 6.48. The zero-order valence-corrected chi connectivity index (χ0v) is 12.0. The monoisotopic (exact) mass is 291 g/mol. The first-order valence-corrected chi connectivity index (χ1v) is 7.09. The summed E-state index contributed by atoms with van der Waals surface area (Å²) in [7, 11) is 0. The molecule has 94 valence electrons. The second-order valence-electron chi connectivity index (χ2n) is 4.69. The van der Waals surface area contributed by atoms with Gasteiger partial charge in [-0.3, -0.25) is 0 Å². The Morgan fingerprint density at radius 1 is 1.24 bits per heavy atom. The van der Waals surface area contributed by atoms with E-state index in [4.69, 9.17) is 34.8 Å². The topological polar surface area (TPSA) is 12.0 Å². The first-order valence-electron chi connectivity index (χ1n) is 5.96. The minimum absolute atomic E-state index is 0.206. The Hall–Kier alpha value is 0.0500. The predicted octanol–water partition coefficient (Wildman–Crippen LogP) is 5.10. The molecule has 1 N–H and O–H groups in total. The molecule has 1 aliphatic rings. The van der Waals surface area contributed by atoms with E-state index in [1.807, 2.05) is 6.07 Å². The van der Waals surface area contributed by atoms with Crippen LogP contribution in [0, 0.1) is 5.92 Å². The Morgan fingerprint density at radius 3 is 2.53 bits per heavy atom. The Balaban J connectivity index is 2.02. The highest BCUT2D eigenvalue weighted by Gasteiger charge is 2.19. The third-order valence-electron chi connectivity index (χ3n) is 3.47.